The van der Waals surface area contributed by atoms with E-state index in [9.17, 15) is 0 Å². The molecule has 0 aromatic carbocycles. The van der Waals surface area contributed by atoms with Gasteiger partial charge in [-0.3, -0.25) is 0 Å². The molecular weight excluding hydrogens is 266 g/mol. The summed E-state index contributed by atoms with van der Waals surface area (Å²) >= 11 is 1.25. The van der Waals surface area contributed by atoms with E-state index in [1.807, 2.05) is 0 Å². The van der Waals surface area contributed by atoms with Crippen LogP contribution in [0.2, 0.25) is 0 Å². The third-order valence-electron chi connectivity index (χ3n) is 2.21. The lowest BCUT2D eigenvalue weighted by Crippen LogP contribution is -2.05. The van der Waals surface area contributed by atoms with Crippen molar-refractivity contribution in [1.29, 1.82) is 0 Å². The molecule has 0 saturated carbocycles. The summed E-state index contributed by atoms with van der Waals surface area (Å²) < 4.78 is 10.7. The van der Waals surface area contributed by atoms with Gasteiger partial charge in [0, 0.05) is 13.5 Å². The van der Waals surface area contributed by atoms with Crippen LogP contribution in [0.15, 0.2) is 21.0 Å². The first-order valence-electron chi connectivity index (χ1n) is 5.85. The van der Waals surface area contributed by atoms with Gasteiger partial charge in [-0.25, -0.2) is 9.97 Å². The molecule has 0 aliphatic heterocycles. The van der Waals surface area contributed by atoms with Crippen molar-refractivity contribution in [3.8, 4) is 5.75 Å². The average Bonchev–Trinajstić information content (AvgIpc) is 2.82. The van der Waals surface area contributed by atoms with Gasteiger partial charge in [-0.15, -0.1) is 10.2 Å². The number of aryl methyl sites for hydroxylation is 1. The van der Waals surface area contributed by atoms with Gasteiger partial charge in [0.2, 0.25) is 5.89 Å². The van der Waals surface area contributed by atoms with Crippen molar-refractivity contribution >= 4 is 17.6 Å². The number of nitrogens with one attached hydrogen (secondary N) is 1. The van der Waals surface area contributed by atoms with Gasteiger partial charge in [0.1, 0.15) is 6.33 Å². The molecule has 7 nitrogen and oxygen atoms in total. The van der Waals surface area contributed by atoms with Crippen LogP contribution < -0.4 is 10.1 Å². The highest BCUT2D eigenvalue weighted by molar-refractivity contribution is 7.99. The Kier molecular flexibility index (Phi) is 4.56. The quantitative estimate of drug-likeness (QED) is 0.806. The molecule has 0 fully saturated rings. The molecule has 0 bridgehead atoms. The molecule has 0 radical (unpaired) electrons. The summed E-state index contributed by atoms with van der Waals surface area (Å²) in [4.78, 5) is 8.35. The number of hydrogen-bond acceptors (Lipinski definition) is 8. The van der Waals surface area contributed by atoms with E-state index in [2.05, 4.69) is 32.4 Å². The van der Waals surface area contributed by atoms with E-state index in [0.29, 0.717) is 27.7 Å². The number of ether oxygens (including phenoxy) is 1. The maximum absolute atomic E-state index is 5.35. The molecule has 2 rings (SSSR count). The van der Waals surface area contributed by atoms with Crippen LogP contribution in [0.3, 0.4) is 0 Å². The van der Waals surface area contributed by atoms with E-state index in [1.54, 1.807) is 14.0 Å². The lowest BCUT2D eigenvalue weighted by Gasteiger charge is -2.11. The number of nitrogens with zero attached hydrogens (tertiary/aromatic N) is 4. The molecular formula is C11H15N5O2S. The van der Waals surface area contributed by atoms with Crippen molar-refractivity contribution in [3.63, 3.8) is 0 Å². The van der Waals surface area contributed by atoms with Crippen LogP contribution in [0.5, 0.6) is 5.75 Å². The predicted molar refractivity (Wildman–Crippen MR) is 70.5 cm³/mol. The molecule has 2 aromatic rings. The zero-order chi connectivity index (χ0) is 13.7. The Morgan fingerprint density at radius 1 is 1.37 bits per heavy atom. The SMILES string of the molecule is CCCNc1ncnc(Sc2nnc(C)o2)c1OC. The van der Waals surface area contributed by atoms with Crippen molar-refractivity contribution in [2.24, 2.45) is 0 Å². The first-order chi connectivity index (χ1) is 9.24. The lowest BCUT2D eigenvalue weighted by molar-refractivity contribution is 0.398. The van der Waals surface area contributed by atoms with Crippen LogP contribution in [0, 0.1) is 6.92 Å². The Hall–Kier alpha value is -1.83. The number of rotatable bonds is 6. The molecule has 8 heteroatoms. The fourth-order valence-electron chi connectivity index (χ4n) is 1.39. The molecule has 19 heavy (non-hydrogen) atoms. The minimum absolute atomic E-state index is 0.427. The van der Waals surface area contributed by atoms with E-state index in [-0.39, 0.29) is 0 Å². The van der Waals surface area contributed by atoms with E-state index in [0.717, 1.165) is 13.0 Å². The van der Waals surface area contributed by atoms with Gasteiger partial charge in [0.15, 0.2) is 16.6 Å². The molecule has 0 unspecified atom stereocenters. The standard InChI is InChI=1S/C11H15N5O2S/c1-4-5-12-9-8(17-3)10(14-6-13-9)19-11-16-15-7(2)18-11/h6H,4-5H2,1-3H3,(H,12,13,14). The Morgan fingerprint density at radius 2 is 2.21 bits per heavy atom. The number of anilines is 1. The fourth-order valence-corrected chi connectivity index (χ4v) is 2.17. The minimum atomic E-state index is 0.427. The largest absolute Gasteiger partial charge is 0.490 e. The summed E-state index contributed by atoms with van der Waals surface area (Å²) in [5, 5.41) is 11.9. The summed E-state index contributed by atoms with van der Waals surface area (Å²) in [7, 11) is 1.58. The average molecular weight is 281 g/mol. The van der Waals surface area contributed by atoms with Gasteiger partial charge >= 0.3 is 0 Å². The number of methoxy groups -OCH3 is 1. The number of hydrogen-bond donors (Lipinski definition) is 1. The van der Waals surface area contributed by atoms with Crippen molar-refractivity contribution in [1.82, 2.24) is 20.2 Å². The van der Waals surface area contributed by atoms with Crippen molar-refractivity contribution < 1.29 is 9.15 Å². The van der Waals surface area contributed by atoms with Gasteiger partial charge in [-0.2, -0.15) is 0 Å². The van der Waals surface area contributed by atoms with Crippen LogP contribution >= 0.6 is 11.8 Å². The zero-order valence-corrected chi connectivity index (χ0v) is 11.8. The highest BCUT2D eigenvalue weighted by atomic mass is 32.2. The van der Waals surface area contributed by atoms with Crippen molar-refractivity contribution in [2.75, 3.05) is 19.0 Å². The molecule has 0 atom stereocenters. The Balaban J connectivity index is 2.24. The molecule has 1 N–H and O–H groups in total. The van der Waals surface area contributed by atoms with E-state index >= 15 is 0 Å². The maximum atomic E-state index is 5.35. The van der Waals surface area contributed by atoms with Gasteiger partial charge < -0.3 is 14.5 Å². The van der Waals surface area contributed by atoms with Crippen LogP contribution in [0.25, 0.3) is 0 Å². The zero-order valence-electron chi connectivity index (χ0n) is 11.0. The summed E-state index contributed by atoms with van der Waals surface area (Å²) in [6, 6.07) is 0. The molecule has 0 saturated heterocycles. The summed E-state index contributed by atoms with van der Waals surface area (Å²) in [5.41, 5.74) is 0. The molecule has 0 aliphatic carbocycles. The summed E-state index contributed by atoms with van der Waals surface area (Å²) in [5.74, 6) is 1.76. The second-order valence-electron chi connectivity index (χ2n) is 3.68. The summed E-state index contributed by atoms with van der Waals surface area (Å²) in [6.45, 7) is 4.64. The highest BCUT2D eigenvalue weighted by Gasteiger charge is 2.15. The van der Waals surface area contributed by atoms with Gasteiger partial charge in [0.25, 0.3) is 5.22 Å². The second kappa shape index (κ2) is 6.37. The van der Waals surface area contributed by atoms with E-state index < -0.39 is 0 Å². The van der Waals surface area contributed by atoms with Crippen LogP contribution in [-0.2, 0) is 0 Å². The first kappa shape index (κ1) is 13.6. The molecule has 0 amide bonds. The van der Waals surface area contributed by atoms with Gasteiger partial charge in [-0.05, 0) is 18.2 Å². The molecule has 2 aromatic heterocycles. The topological polar surface area (TPSA) is 86.0 Å². The number of aromatic nitrogens is 4. The van der Waals surface area contributed by atoms with Crippen LogP contribution in [-0.4, -0.2) is 33.8 Å². The fraction of sp³-hybridized carbons (Fsp3) is 0.455. The monoisotopic (exact) mass is 281 g/mol. The minimum Gasteiger partial charge on any atom is -0.490 e. The highest BCUT2D eigenvalue weighted by Crippen LogP contribution is 2.35. The van der Waals surface area contributed by atoms with Crippen molar-refractivity contribution in [2.45, 2.75) is 30.5 Å². The first-order valence-corrected chi connectivity index (χ1v) is 6.67. The van der Waals surface area contributed by atoms with Gasteiger partial charge in [-0.1, -0.05) is 6.92 Å². The third-order valence-corrected chi connectivity index (χ3v) is 3.03. The smallest absolute Gasteiger partial charge is 0.283 e. The second-order valence-corrected chi connectivity index (χ2v) is 4.62. The third kappa shape index (κ3) is 3.34. The van der Waals surface area contributed by atoms with Gasteiger partial charge in [0.05, 0.1) is 7.11 Å². The Labute approximate surface area is 115 Å². The van der Waals surface area contributed by atoms with Crippen LogP contribution in [0.4, 0.5) is 5.82 Å². The molecule has 0 spiro atoms. The van der Waals surface area contributed by atoms with Crippen LogP contribution in [0.1, 0.15) is 19.2 Å². The van der Waals surface area contributed by atoms with Crippen molar-refractivity contribution in [3.05, 3.63) is 12.2 Å². The Bertz CT molecular complexity index is 546. The summed E-state index contributed by atoms with van der Waals surface area (Å²) in [6.07, 6.45) is 2.48. The molecule has 0 aliphatic rings. The lowest BCUT2D eigenvalue weighted by atomic mass is 10.4. The van der Waals surface area contributed by atoms with E-state index in [1.165, 1.54) is 18.1 Å². The maximum Gasteiger partial charge on any atom is 0.283 e. The predicted octanol–water partition coefficient (Wildman–Crippen LogP) is 2.15. The van der Waals surface area contributed by atoms with E-state index in [4.69, 9.17) is 9.15 Å². The Morgan fingerprint density at radius 3 is 2.84 bits per heavy atom. The molecule has 102 valence electrons. The normalized spacial score (nSPS) is 10.5. The molecule has 2 heterocycles.